The summed E-state index contributed by atoms with van der Waals surface area (Å²) in [5.74, 6) is -1.24. The largest absolute Gasteiger partial charge is 0.337 e. The van der Waals surface area contributed by atoms with E-state index in [9.17, 15) is 8.78 Å². The van der Waals surface area contributed by atoms with Gasteiger partial charge >= 0.3 is 0 Å². The smallest absolute Gasteiger partial charge is 0.171 e. The number of rotatable bonds is 2. The summed E-state index contributed by atoms with van der Waals surface area (Å²) in [4.78, 5) is 0. The number of benzene rings is 1. The van der Waals surface area contributed by atoms with Gasteiger partial charge in [-0.25, -0.2) is 8.78 Å². The molecule has 0 spiro atoms. The van der Waals surface area contributed by atoms with Crippen LogP contribution in [-0.2, 0) is 0 Å². The maximum absolute atomic E-state index is 13.1. The highest BCUT2D eigenvalue weighted by atomic mass is 19.1. The summed E-state index contributed by atoms with van der Waals surface area (Å²) in [5, 5.41) is 19.5. The zero-order valence-corrected chi connectivity index (χ0v) is 10.3. The minimum absolute atomic E-state index is 0.173. The number of halogens is 2. The highest BCUT2D eigenvalue weighted by Crippen LogP contribution is 2.22. The molecule has 0 fully saturated rings. The van der Waals surface area contributed by atoms with Crippen LogP contribution in [0.2, 0.25) is 0 Å². The summed E-state index contributed by atoms with van der Waals surface area (Å²) in [6, 6.07) is 4.99. The first kappa shape index (κ1) is 12.9. The van der Waals surface area contributed by atoms with Gasteiger partial charge in [-0.15, -0.1) is 5.10 Å². The van der Waals surface area contributed by atoms with Crippen LogP contribution in [0.25, 0.3) is 0 Å². The Morgan fingerprint density at radius 1 is 1.11 bits per heavy atom. The number of nitriles is 1. The van der Waals surface area contributed by atoms with Gasteiger partial charge in [-0.3, -0.25) is 0 Å². The van der Waals surface area contributed by atoms with Gasteiger partial charge in [-0.1, -0.05) is 0 Å². The van der Waals surface area contributed by atoms with E-state index in [1.54, 1.807) is 13.8 Å². The third-order valence-corrected chi connectivity index (χ3v) is 2.69. The summed E-state index contributed by atoms with van der Waals surface area (Å²) in [7, 11) is 0. The number of hydrogen-bond donors (Lipinski definition) is 1. The van der Waals surface area contributed by atoms with Crippen molar-refractivity contribution in [3.05, 3.63) is 46.7 Å². The highest BCUT2D eigenvalue weighted by molar-refractivity contribution is 5.64. The zero-order valence-electron chi connectivity index (χ0n) is 10.3. The summed E-state index contributed by atoms with van der Waals surface area (Å²) in [6.45, 7) is 3.47. The lowest BCUT2D eigenvalue weighted by Gasteiger charge is -2.09. The molecule has 2 rings (SSSR count). The van der Waals surface area contributed by atoms with Gasteiger partial charge in [0.25, 0.3) is 0 Å². The van der Waals surface area contributed by atoms with Crippen LogP contribution in [0.4, 0.5) is 20.3 Å². The monoisotopic (exact) mass is 260 g/mol. The molecule has 0 aliphatic rings. The van der Waals surface area contributed by atoms with E-state index in [-0.39, 0.29) is 11.5 Å². The number of nitrogens with zero attached hydrogens (tertiary/aromatic N) is 3. The molecule has 19 heavy (non-hydrogen) atoms. The Balaban J connectivity index is 2.44. The summed E-state index contributed by atoms with van der Waals surface area (Å²) in [6.07, 6.45) is 0. The predicted molar refractivity (Wildman–Crippen MR) is 65.9 cm³/mol. The lowest BCUT2D eigenvalue weighted by molar-refractivity contribution is 0.584. The Hall–Kier alpha value is -2.55. The number of aryl methyl sites for hydroxylation is 1. The lowest BCUT2D eigenvalue weighted by Crippen LogP contribution is -2.04. The fourth-order valence-corrected chi connectivity index (χ4v) is 1.60. The van der Waals surface area contributed by atoms with Crippen LogP contribution in [0.3, 0.4) is 0 Å². The first-order valence-electron chi connectivity index (χ1n) is 5.48. The van der Waals surface area contributed by atoms with Gasteiger partial charge in [0.1, 0.15) is 23.3 Å². The second-order valence-corrected chi connectivity index (χ2v) is 4.03. The van der Waals surface area contributed by atoms with Crippen molar-refractivity contribution in [3.8, 4) is 6.07 Å². The molecule has 6 heteroatoms. The number of anilines is 2. The van der Waals surface area contributed by atoms with Gasteiger partial charge in [0.2, 0.25) is 0 Å². The van der Waals surface area contributed by atoms with Crippen LogP contribution < -0.4 is 5.32 Å². The molecule has 0 unspecified atom stereocenters. The molecule has 2 aromatic rings. The van der Waals surface area contributed by atoms with Crippen LogP contribution in [0.1, 0.15) is 16.8 Å². The van der Waals surface area contributed by atoms with Crippen molar-refractivity contribution in [2.24, 2.45) is 0 Å². The highest BCUT2D eigenvalue weighted by Gasteiger charge is 2.11. The lowest BCUT2D eigenvalue weighted by atomic mass is 10.1. The van der Waals surface area contributed by atoms with Crippen molar-refractivity contribution in [1.82, 2.24) is 10.2 Å². The first-order valence-corrected chi connectivity index (χ1v) is 5.48. The number of hydrogen-bond acceptors (Lipinski definition) is 4. The van der Waals surface area contributed by atoms with E-state index in [1.165, 1.54) is 0 Å². The van der Waals surface area contributed by atoms with Crippen molar-refractivity contribution in [2.45, 2.75) is 13.8 Å². The Morgan fingerprint density at radius 2 is 1.74 bits per heavy atom. The number of nitrogens with one attached hydrogen (secondary N) is 1. The summed E-state index contributed by atoms with van der Waals surface area (Å²) >= 11 is 0. The Labute approximate surface area is 108 Å². The van der Waals surface area contributed by atoms with Gasteiger partial charge in [0.15, 0.2) is 5.82 Å². The van der Waals surface area contributed by atoms with E-state index in [1.807, 2.05) is 6.07 Å². The fourth-order valence-electron chi connectivity index (χ4n) is 1.60. The normalized spacial score (nSPS) is 10.1. The fraction of sp³-hybridized carbons (Fsp3) is 0.154. The second kappa shape index (κ2) is 4.98. The Morgan fingerprint density at radius 3 is 2.32 bits per heavy atom. The van der Waals surface area contributed by atoms with E-state index >= 15 is 0 Å². The molecule has 1 heterocycles. The molecular weight excluding hydrogens is 250 g/mol. The molecular formula is C13H10F2N4. The van der Waals surface area contributed by atoms with E-state index in [2.05, 4.69) is 15.5 Å². The molecule has 1 aromatic carbocycles. The summed E-state index contributed by atoms with van der Waals surface area (Å²) in [5.41, 5.74) is 1.79. The molecule has 0 bridgehead atoms. The number of aromatic nitrogens is 2. The maximum Gasteiger partial charge on any atom is 0.171 e. The second-order valence-electron chi connectivity index (χ2n) is 4.03. The van der Waals surface area contributed by atoms with Gasteiger partial charge < -0.3 is 5.32 Å². The zero-order chi connectivity index (χ0) is 14.0. The van der Waals surface area contributed by atoms with E-state index in [0.717, 1.165) is 18.2 Å². The van der Waals surface area contributed by atoms with Crippen LogP contribution in [-0.4, -0.2) is 10.2 Å². The van der Waals surface area contributed by atoms with Crippen LogP contribution >= 0.6 is 0 Å². The molecule has 4 nitrogen and oxygen atoms in total. The maximum atomic E-state index is 13.1. The van der Waals surface area contributed by atoms with E-state index in [0.29, 0.717) is 16.8 Å². The van der Waals surface area contributed by atoms with Crippen LogP contribution in [0, 0.1) is 36.8 Å². The predicted octanol–water partition coefficient (Wildman–Crippen LogP) is 2.99. The van der Waals surface area contributed by atoms with Gasteiger partial charge in [-0.2, -0.15) is 10.4 Å². The van der Waals surface area contributed by atoms with Crippen molar-refractivity contribution < 1.29 is 8.78 Å². The quantitative estimate of drug-likeness (QED) is 0.901. The van der Waals surface area contributed by atoms with Crippen molar-refractivity contribution in [1.29, 1.82) is 5.26 Å². The van der Waals surface area contributed by atoms with Crippen molar-refractivity contribution >= 4 is 11.5 Å². The Bertz CT molecular complexity index is 657. The molecule has 1 N–H and O–H groups in total. The Kier molecular flexibility index (Phi) is 3.38. The average molecular weight is 260 g/mol. The third kappa shape index (κ3) is 2.65. The molecule has 96 valence electrons. The third-order valence-electron chi connectivity index (χ3n) is 2.69. The summed E-state index contributed by atoms with van der Waals surface area (Å²) < 4.78 is 26.2. The minimum Gasteiger partial charge on any atom is -0.337 e. The molecule has 0 aliphatic heterocycles. The van der Waals surface area contributed by atoms with Crippen LogP contribution in [0.5, 0.6) is 0 Å². The van der Waals surface area contributed by atoms with Gasteiger partial charge in [-0.05, 0) is 31.5 Å². The molecule has 0 amide bonds. The molecule has 0 radical (unpaired) electrons. The molecule has 0 saturated carbocycles. The topological polar surface area (TPSA) is 61.6 Å². The van der Waals surface area contributed by atoms with E-state index < -0.39 is 11.6 Å². The SMILES string of the molecule is Cc1nnc(Nc2cc(F)cc(F)c2)c(C#N)c1C. The van der Waals surface area contributed by atoms with E-state index in [4.69, 9.17) is 5.26 Å². The average Bonchev–Trinajstić information content (AvgIpc) is 2.33. The van der Waals surface area contributed by atoms with Crippen molar-refractivity contribution in [2.75, 3.05) is 5.32 Å². The molecule has 0 saturated heterocycles. The molecule has 0 aliphatic carbocycles. The standard InChI is InChI=1S/C13H10F2N4/c1-7-8(2)18-19-13(12(7)6-16)17-11-4-9(14)3-10(15)5-11/h3-5H,1-2H3,(H,17,19). The molecule has 1 aromatic heterocycles. The minimum atomic E-state index is -0.710. The van der Waals surface area contributed by atoms with Crippen molar-refractivity contribution in [3.63, 3.8) is 0 Å². The van der Waals surface area contributed by atoms with Gasteiger partial charge in [0, 0.05) is 11.8 Å². The van der Waals surface area contributed by atoms with Gasteiger partial charge in [0.05, 0.1) is 5.69 Å². The first-order chi connectivity index (χ1) is 9.01. The van der Waals surface area contributed by atoms with Crippen LogP contribution in [0.15, 0.2) is 18.2 Å². The molecule has 0 atom stereocenters.